The van der Waals surface area contributed by atoms with E-state index in [0.717, 1.165) is 28.0 Å². The van der Waals surface area contributed by atoms with Crippen molar-refractivity contribution in [3.63, 3.8) is 0 Å². The predicted octanol–water partition coefficient (Wildman–Crippen LogP) is 3.41. The lowest BCUT2D eigenvalue weighted by Gasteiger charge is -2.14. The fourth-order valence-electron chi connectivity index (χ4n) is 2.42. The van der Waals surface area contributed by atoms with E-state index in [1.807, 2.05) is 47.0 Å². The third-order valence-corrected chi connectivity index (χ3v) is 4.03. The Morgan fingerprint density at radius 1 is 1.04 bits per heavy atom. The van der Waals surface area contributed by atoms with E-state index in [9.17, 15) is 0 Å². The number of methoxy groups -OCH3 is 2. The van der Waals surface area contributed by atoms with Crippen LogP contribution in [0.25, 0.3) is 10.9 Å². The first-order valence-corrected chi connectivity index (χ1v) is 7.50. The minimum atomic E-state index is 0.455. The van der Waals surface area contributed by atoms with E-state index in [0.29, 0.717) is 17.1 Å². The lowest BCUT2D eigenvalue weighted by molar-refractivity contribution is 0.414. The maximum absolute atomic E-state index is 6.32. The van der Waals surface area contributed by atoms with Crippen molar-refractivity contribution in [1.29, 1.82) is 0 Å². The van der Waals surface area contributed by atoms with E-state index in [-0.39, 0.29) is 0 Å². The van der Waals surface area contributed by atoms with E-state index < -0.39 is 0 Å². The normalized spacial score (nSPS) is 10.7. The standard InChI is InChI=1S/C17H17N3O2S/c1-21-12-5-3-11(4-6-12)10-20-16(18)14-9-13(22-2)7-8-15(14)19-17(20)23/h3-9H,10,18H2,1-2H3. The lowest BCUT2D eigenvalue weighted by Crippen LogP contribution is -2.10. The fraction of sp³-hybridized carbons (Fsp3) is 0.176. The van der Waals surface area contributed by atoms with Crippen molar-refractivity contribution in [2.45, 2.75) is 6.54 Å². The third kappa shape index (κ3) is 2.98. The summed E-state index contributed by atoms with van der Waals surface area (Å²) in [5.41, 5.74) is 8.15. The van der Waals surface area contributed by atoms with Gasteiger partial charge in [0.1, 0.15) is 17.3 Å². The second-order valence-corrected chi connectivity index (χ2v) is 5.46. The van der Waals surface area contributed by atoms with Crippen LogP contribution in [-0.2, 0) is 6.54 Å². The van der Waals surface area contributed by atoms with Crippen LogP contribution in [0.1, 0.15) is 5.56 Å². The molecule has 0 saturated heterocycles. The Morgan fingerprint density at radius 3 is 2.35 bits per heavy atom. The van der Waals surface area contributed by atoms with Crippen LogP contribution in [0.15, 0.2) is 42.5 Å². The van der Waals surface area contributed by atoms with Gasteiger partial charge in [0.05, 0.1) is 26.3 Å². The fourth-order valence-corrected chi connectivity index (χ4v) is 2.68. The van der Waals surface area contributed by atoms with Crippen LogP contribution in [0.4, 0.5) is 5.82 Å². The first-order valence-electron chi connectivity index (χ1n) is 7.09. The largest absolute Gasteiger partial charge is 0.497 e. The molecule has 5 nitrogen and oxygen atoms in total. The highest BCUT2D eigenvalue weighted by Gasteiger charge is 2.08. The lowest BCUT2D eigenvalue weighted by atomic mass is 10.2. The highest BCUT2D eigenvalue weighted by molar-refractivity contribution is 7.71. The third-order valence-electron chi connectivity index (χ3n) is 3.72. The minimum Gasteiger partial charge on any atom is -0.497 e. The summed E-state index contributed by atoms with van der Waals surface area (Å²) >= 11 is 5.39. The van der Waals surface area contributed by atoms with Crippen LogP contribution in [0.5, 0.6) is 11.5 Å². The number of ether oxygens (including phenoxy) is 2. The van der Waals surface area contributed by atoms with Crippen LogP contribution in [-0.4, -0.2) is 23.8 Å². The van der Waals surface area contributed by atoms with Crippen molar-refractivity contribution in [3.05, 3.63) is 52.8 Å². The summed E-state index contributed by atoms with van der Waals surface area (Å²) in [6, 6.07) is 13.4. The Labute approximate surface area is 139 Å². The van der Waals surface area contributed by atoms with Crippen molar-refractivity contribution < 1.29 is 9.47 Å². The van der Waals surface area contributed by atoms with Crippen molar-refractivity contribution in [1.82, 2.24) is 9.55 Å². The molecule has 0 aliphatic heterocycles. The summed E-state index contributed by atoms with van der Waals surface area (Å²) in [5.74, 6) is 2.13. The van der Waals surface area contributed by atoms with Gasteiger partial charge in [0, 0.05) is 5.39 Å². The van der Waals surface area contributed by atoms with Gasteiger partial charge in [0.25, 0.3) is 0 Å². The molecule has 0 saturated carbocycles. The molecule has 3 aromatic rings. The molecule has 0 fully saturated rings. The van der Waals surface area contributed by atoms with E-state index in [2.05, 4.69) is 4.98 Å². The second-order valence-electron chi connectivity index (χ2n) is 5.10. The molecule has 6 heteroatoms. The Kier molecular flexibility index (Phi) is 4.16. The van der Waals surface area contributed by atoms with E-state index in [4.69, 9.17) is 27.4 Å². The maximum atomic E-state index is 6.32. The molecule has 3 rings (SSSR count). The molecule has 2 N–H and O–H groups in total. The molecule has 0 amide bonds. The number of nitrogens with two attached hydrogens (primary N) is 1. The van der Waals surface area contributed by atoms with E-state index in [1.54, 1.807) is 14.2 Å². The van der Waals surface area contributed by atoms with Gasteiger partial charge < -0.3 is 15.2 Å². The van der Waals surface area contributed by atoms with Gasteiger partial charge in [-0.1, -0.05) is 12.1 Å². The van der Waals surface area contributed by atoms with Gasteiger partial charge in [-0.05, 0) is 48.1 Å². The van der Waals surface area contributed by atoms with Crippen LogP contribution in [0.2, 0.25) is 0 Å². The van der Waals surface area contributed by atoms with Crippen LogP contribution in [0, 0.1) is 4.77 Å². The Morgan fingerprint density at radius 2 is 1.70 bits per heavy atom. The molecule has 0 spiro atoms. The van der Waals surface area contributed by atoms with Crippen molar-refractivity contribution in [2.24, 2.45) is 0 Å². The molecule has 2 aromatic carbocycles. The molecular formula is C17H17N3O2S. The molecule has 0 atom stereocenters. The average Bonchev–Trinajstić information content (AvgIpc) is 2.59. The number of fused-ring (bicyclic) bond motifs is 1. The van der Waals surface area contributed by atoms with Gasteiger partial charge >= 0.3 is 0 Å². The summed E-state index contributed by atoms with van der Waals surface area (Å²) in [4.78, 5) is 4.46. The smallest absolute Gasteiger partial charge is 0.201 e. The monoisotopic (exact) mass is 327 g/mol. The summed E-state index contributed by atoms with van der Waals surface area (Å²) < 4.78 is 12.7. The van der Waals surface area contributed by atoms with Gasteiger partial charge in [0.15, 0.2) is 0 Å². The number of hydrogen-bond acceptors (Lipinski definition) is 5. The number of hydrogen-bond donors (Lipinski definition) is 1. The zero-order valence-electron chi connectivity index (χ0n) is 12.9. The summed E-state index contributed by atoms with van der Waals surface area (Å²) in [6.07, 6.45) is 0. The van der Waals surface area contributed by atoms with Gasteiger partial charge in [-0.3, -0.25) is 4.57 Å². The van der Waals surface area contributed by atoms with Crippen LogP contribution in [0.3, 0.4) is 0 Å². The minimum absolute atomic E-state index is 0.455. The van der Waals surface area contributed by atoms with Gasteiger partial charge in [-0.25, -0.2) is 4.98 Å². The molecule has 0 aliphatic rings. The molecule has 118 valence electrons. The molecule has 0 aliphatic carbocycles. The van der Waals surface area contributed by atoms with Crippen molar-refractivity contribution in [2.75, 3.05) is 20.0 Å². The number of nitrogens with zero attached hydrogens (tertiary/aromatic N) is 2. The van der Waals surface area contributed by atoms with Gasteiger partial charge in [0.2, 0.25) is 4.77 Å². The summed E-state index contributed by atoms with van der Waals surface area (Å²) in [6.45, 7) is 0.550. The van der Waals surface area contributed by atoms with Crippen molar-refractivity contribution >= 4 is 28.9 Å². The highest BCUT2D eigenvalue weighted by Crippen LogP contribution is 2.25. The quantitative estimate of drug-likeness (QED) is 0.744. The summed E-state index contributed by atoms with van der Waals surface area (Å²) in [5, 5.41) is 0.825. The summed E-state index contributed by atoms with van der Waals surface area (Å²) in [7, 11) is 3.27. The first-order chi connectivity index (χ1) is 11.1. The Hall–Kier alpha value is -2.60. The number of nitrogen functional groups attached to an aromatic ring is 1. The Balaban J connectivity index is 2.06. The number of rotatable bonds is 4. The van der Waals surface area contributed by atoms with E-state index in [1.165, 1.54) is 0 Å². The molecule has 0 bridgehead atoms. The zero-order chi connectivity index (χ0) is 16.4. The highest BCUT2D eigenvalue weighted by atomic mass is 32.1. The molecule has 23 heavy (non-hydrogen) atoms. The first kappa shape index (κ1) is 15.3. The number of aromatic nitrogens is 2. The van der Waals surface area contributed by atoms with E-state index >= 15 is 0 Å². The molecule has 1 heterocycles. The van der Waals surface area contributed by atoms with Gasteiger partial charge in [-0.2, -0.15) is 0 Å². The van der Waals surface area contributed by atoms with Crippen LogP contribution < -0.4 is 15.2 Å². The van der Waals surface area contributed by atoms with Crippen molar-refractivity contribution in [3.8, 4) is 11.5 Å². The average molecular weight is 327 g/mol. The molecule has 1 aromatic heterocycles. The van der Waals surface area contributed by atoms with Gasteiger partial charge in [-0.15, -0.1) is 0 Å². The molecular weight excluding hydrogens is 310 g/mol. The Bertz CT molecular complexity index is 904. The number of benzene rings is 2. The number of anilines is 1. The van der Waals surface area contributed by atoms with Crippen LogP contribution >= 0.6 is 12.2 Å². The maximum Gasteiger partial charge on any atom is 0.201 e. The zero-order valence-corrected chi connectivity index (χ0v) is 13.8. The molecule has 0 radical (unpaired) electrons. The SMILES string of the molecule is COc1ccc(Cn2c(N)c3cc(OC)ccc3nc2=S)cc1. The predicted molar refractivity (Wildman–Crippen MR) is 93.6 cm³/mol. The molecule has 0 unspecified atom stereocenters. The second kappa shape index (κ2) is 6.26. The topological polar surface area (TPSA) is 62.3 Å².